The molecule has 0 radical (unpaired) electrons. The zero-order valence-electron chi connectivity index (χ0n) is 10.2. The Kier molecular flexibility index (Phi) is 4.60. The second-order valence-electron chi connectivity index (χ2n) is 4.84. The number of ether oxygens (including phenoxy) is 1. The molecule has 2 nitrogen and oxygen atoms in total. The average molecular weight is 298 g/mol. The predicted octanol–water partition coefficient (Wildman–Crippen LogP) is 3.80. The normalized spacial score (nSPS) is 20.4. The SMILES string of the molecule is CC(N)C(OC1CCCC1)c1ccccc1Br. The lowest BCUT2D eigenvalue weighted by molar-refractivity contribution is -0.0205. The largest absolute Gasteiger partial charge is 0.369 e. The molecule has 0 spiro atoms. The van der Waals surface area contributed by atoms with E-state index in [-0.39, 0.29) is 12.1 Å². The van der Waals surface area contributed by atoms with Crippen LogP contribution in [-0.2, 0) is 4.74 Å². The molecule has 1 aliphatic carbocycles. The highest BCUT2D eigenvalue weighted by molar-refractivity contribution is 9.10. The minimum Gasteiger partial charge on any atom is -0.369 e. The Morgan fingerprint density at radius 3 is 2.53 bits per heavy atom. The van der Waals surface area contributed by atoms with Crippen LogP contribution in [0.15, 0.2) is 28.7 Å². The number of rotatable bonds is 4. The quantitative estimate of drug-likeness (QED) is 0.917. The highest BCUT2D eigenvalue weighted by Gasteiger charge is 2.25. The van der Waals surface area contributed by atoms with Gasteiger partial charge in [-0.05, 0) is 31.4 Å². The van der Waals surface area contributed by atoms with Crippen LogP contribution < -0.4 is 5.73 Å². The number of nitrogens with two attached hydrogens (primary N) is 1. The van der Waals surface area contributed by atoms with E-state index in [0.29, 0.717) is 6.10 Å². The molecule has 2 rings (SSSR count). The van der Waals surface area contributed by atoms with E-state index in [0.717, 1.165) is 10.0 Å². The maximum atomic E-state index is 6.18. The second-order valence-corrected chi connectivity index (χ2v) is 5.70. The summed E-state index contributed by atoms with van der Waals surface area (Å²) in [4.78, 5) is 0. The molecule has 2 unspecified atom stereocenters. The molecule has 0 aromatic heterocycles. The van der Waals surface area contributed by atoms with Gasteiger partial charge in [0.25, 0.3) is 0 Å². The van der Waals surface area contributed by atoms with Gasteiger partial charge in [0, 0.05) is 10.5 Å². The Morgan fingerprint density at radius 1 is 1.29 bits per heavy atom. The van der Waals surface area contributed by atoms with Crippen molar-refractivity contribution in [3.05, 3.63) is 34.3 Å². The first-order valence-electron chi connectivity index (χ1n) is 6.34. The van der Waals surface area contributed by atoms with Crippen molar-refractivity contribution in [1.82, 2.24) is 0 Å². The van der Waals surface area contributed by atoms with Crippen LogP contribution in [0.1, 0.15) is 44.3 Å². The van der Waals surface area contributed by atoms with Crippen LogP contribution in [0, 0.1) is 0 Å². The predicted molar refractivity (Wildman–Crippen MR) is 73.9 cm³/mol. The molecule has 0 heterocycles. The lowest BCUT2D eigenvalue weighted by atomic mass is 10.0. The highest BCUT2D eigenvalue weighted by atomic mass is 79.9. The summed E-state index contributed by atoms with van der Waals surface area (Å²) in [5.41, 5.74) is 7.23. The van der Waals surface area contributed by atoms with Gasteiger partial charge in [-0.25, -0.2) is 0 Å². The zero-order chi connectivity index (χ0) is 12.3. The molecule has 0 saturated heterocycles. The van der Waals surface area contributed by atoms with E-state index in [1.54, 1.807) is 0 Å². The molecule has 0 bridgehead atoms. The van der Waals surface area contributed by atoms with Crippen LogP contribution in [0.4, 0.5) is 0 Å². The number of hydrogen-bond donors (Lipinski definition) is 1. The van der Waals surface area contributed by atoms with Crippen molar-refractivity contribution in [3.63, 3.8) is 0 Å². The lowest BCUT2D eigenvalue weighted by Crippen LogP contribution is -2.30. The summed E-state index contributed by atoms with van der Waals surface area (Å²) in [7, 11) is 0. The fourth-order valence-corrected chi connectivity index (χ4v) is 2.93. The minimum absolute atomic E-state index is 0.00586. The van der Waals surface area contributed by atoms with Gasteiger partial charge in [-0.15, -0.1) is 0 Å². The van der Waals surface area contributed by atoms with Gasteiger partial charge < -0.3 is 10.5 Å². The Hall–Kier alpha value is -0.380. The molecule has 3 heteroatoms. The Balaban J connectivity index is 2.14. The smallest absolute Gasteiger partial charge is 0.0987 e. The molecule has 0 aliphatic heterocycles. The summed E-state index contributed by atoms with van der Waals surface area (Å²) in [6, 6.07) is 8.19. The first-order valence-corrected chi connectivity index (χ1v) is 7.13. The van der Waals surface area contributed by atoms with Gasteiger partial charge in [0.2, 0.25) is 0 Å². The topological polar surface area (TPSA) is 35.2 Å². The number of halogens is 1. The Morgan fingerprint density at radius 2 is 1.94 bits per heavy atom. The molecule has 0 amide bonds. The van der Waals surface area contributed by atoms with Crippen molar-refractivity contribution in [2.75, 3.05) is 0 Å². The molecule has 94 valence electrons. The van der Waals surface area contributed by atoms with Crippen LogP contribution in [0.5, 0.6) is 0 Å². The molecule has 2 atom stereocenters. The first kappa shape index (κ1) is 13.1. The van der Waals surface area contributed by atoms with Crippen molar-refractivity contribution in [2.45, 2.75) is 50.9 Å². The van der Waals surface area contributed by atoms with Crippen LogP contribution in [0.25, 0.3) is 0 Å². The van der Waals surface area contributed by atoms with Gasteiger partial charge in [0.1, 0.15) is 0 Å². The van der Waals surface area contributed by atoms with Crippen molar-refractivity contribution in [3.8, 4) is 0 Å². The maximum Gasteiger partial charge on any atom is 0.0987 e. The van der Waals surface area contributed by atoms with Crippen molar-refractivity contribution in [2.24, 2.45) is 5.73 Å². The summed E-state index contributed by atoms with van der Waals surface area (Å²) < 4.78 is 7.27. The van der Waals surface area contributed by atoms with Gasteiger partial charge in [-0.2, -0.15) is 0 Å². The van der Waals surface area contributed by atoms with Crippen molar-refractivity contribution >= 4 is 15.9 Å². The molecule has 1 aromatic carbocycles. The second kappa shape index (κ2) is 5.98. The third kappa shape index (κ3) is 3.30. The van der Waals surface area contributed by atoms with Gasteiger partial charge in [-0.3, -0.25) is 0 Å². The van der Waals surface area contributed by atoms with E-state index in [2.05, 4.69) is 22.0 Å². The van der Waals surface area contributed by atoms with Crippen LogP contribution in [0.2, 0.25) is 0 Å². The molecule has 1 aromatic rings. The van der Waals surface area contributed by atoms with E-state index in [1.807, 2.05) is 25.1 Å². The molecule has 2 N–H and O–H groups in total. The third-order valence-corrected chi connectivity index (χ3v) is 4.05. The standard InChI is InChI=1S/C14H20BrNO/c1-10(16)14(17-11-6-2-3-7-11)12-8-4-5-9-13(12)15/h4-5,8-11,14H,2-3,6-7,16H2,1H3. The summed E-state index contributed by atoms with van der Waals surface area (Å²) in [5, 5.41) is 0. The summed E-state index contributed by atoms with van der Waals surface area (Å²) >= 11 is 3.58. The molecular weight excluding hydrogens is 278 g/mol. The van der Waals surface area contributed by atoms with Crippen molar-refractivity contribution in [1.29, 1.82) is 0 Å². The van der Waals surface area contributed by atoms with Gasteiger partial charge in [0.05, 0.1) is 12.2 Å². The lowest BCUT2D eigenvalue weighted by Gasteiger charge is -2.26. The van der Waals surface area contributed by atoms with E-state index < -0.39 is 0 Å². The first-order chi connectivity index (χ1) is 8.18. The molecule has 1 saturated carbocycles. The number of benzene rings is 1. The molecule has 17 heavy (non-hydrogen) atoms. The molecule has 1 fully saturated rings. The van der Waals surface area contributed by atoms with Crippen LogP contribution >= 0.6 is 15.9 Å². The zero-order valence-corrected chi connectivity index (χ0v) is 11.8. The van der Waals surface area contributed by atoms with Crippen molar-refractivity contribution < 1.29 is 4.74 Å². The van der Waals surface area contributed by atoms with Gasteiger partial charge >= 0.3 is 0 Å². The average Bonchev–Trinajstić information content (AvgIpc) is 2.79. The summed E-state index contributed by atoms with van der Waals surface area (Å²) in [6.45, 7) is 2.01. The third-order valence-electron chi connectivity index (χ3n) is 3.33. The fraction of sp³-hybridized carbons (Fsp3) is 0.571. The van der Waals surface area contributed by atoms with Crippen LogP contribution in [0.3, 0.4) is 0 Å². The molecular formula is C14H20BrNO. The maximum absolute atomic E-state index is 6.18. The fourth-order valence-electron chi connectivity index (χ4n) is 2.42. The van der Waals surface area contributed by atoms with Gasteiger partial charge in [0.15, 0.2) is 0 Å². The van der Waals surface area contributed by atoms with Crippen LogP contribution in [-0.4, -0.2) is 12.1 Å². The Labute approximate surface area is 112 Å². The summed E-state index contributed by atoms with van der Waals surface area (Å²) in [5.74, 6) is 0. The van der Waals surface area contributed by atoms with E-state index in [1.165, 1.54) is 25.7 Å². The highest BCUT2D eigenvalue weighted by Crippen LogP contribution is 2.32. The van der Waals surface area contributed by atoms with Gasteiger partial charge in [-0.1, -0.05) is 47.0 Å². The summed E-state index contributed by atoms with van der Waals surface area (Å²) in [6.07, 6.45) is 5.30. The van der Waals surface area contributed by atoms with E-state index in [4.69, 9.17) is 10.5 Å². The monoisotopic (exact) mass is 297 g/mol. The van der Waals surface area contributed by atoms with E-state index >= 15 is 0 Å². The minimum atomic E-state index is -0.00586. The molecule has 1 aliphatic rings. The number of hydrogen-bond acceptors (Lipinski definition) is 2. The van der Waals surface area contributed by atoms with E-state index in [9.17, 15) is 0 Å². The Bertz CT molecular complexity index is 361.